The van der Waals surface area contributed by atoms with Crippen LogP contribution in [-0.2, 0) is 32.4 Å². The van der Waals surface area contributed by atoms with Gasteiger partial charge in [-0.15, -0.1) is 0 Å². The molecule has 1 atom stereocenters. The minimum atomic E-state index is -4.83. The standard InChI is InChI=1S/C12H24F4O10P2/c1-27(17,18)24-7-3-2-6-22-10-23-9-12(15,16)26-11(13,14)5-4-8-25-28(19,20)21/h2-10H2,1H3,(H,17,18)(H2,19,20,21). The van der Waals surface area contributed by atoms with E-state index in [-0.39, 0.29) is 13.2 Å². The van der Waals surface area contributed by atoms with E-state index in [1.54, 1.807) is 0 Å². The third-order valence-electron chi connectivity index (χ3n) is 2.62. The van der Waals surface area contributed by atoms with Gasteiger partial charge >= 0.3 is 27.6 Å². The Morgan fingerprint density at radius 2 is 1.39 bits per heavy atom. The van der Waals surface area contributed by atoms with E-state index in [9.17, 15) is 26.7 Å². The normalized spacial score (nSPS) is 15.6. The second-order valence-electron chi connectivity index (χ2n) is 5.52. The number of phosphoric ester groups is 1. The molecule has 16 heteroatoms. The minimum Gasteiger partial charge on any atom is -0.355 e. The van der Waals surface area contributed by atoms with Crippen molar-refractivity contribution in [3.05, 3.63) is 0 Å². The Hall–Kier alpha value is -0.140. The summed E-state index contributed by atoms with van der Waals surface area (Å²) in [7, 11) is -8.38. The molecule has 0 bridgehead atoms. The number of halogens is 4. The van der Waals surface area contributed by atoms with Crippen molar-refractivity contribution in [2.75, 3.05) is 39.9 Å². The molecule has 0 heterocycles. The maximum Gasteiger partial charge on any atom is 0.469 e. The van der Waals surface area contributed by atoms with Crippen LogP contribution in [0.2, 0.25) is 0 Å². The van der Waals surface area contributed by atoms with Gasteiger partial charge in [0.25, 0.3) is 0 Å². The van der Waals surface area contributed by atoms with Crippen LogP contribution in [0.5, 0.6) is 0 Å². The second-order valence-corrected chi connectivity index (χ2v) is 8.63. The molecule has 0 rings (SSSR count). The van der Waals surface area contributed by atoms with Gasteiger partial charge in [-0.3, -0.25) is 13.8 Å². The number of rotatable bonds is 17. The van der Waals surface area contributed by atoms with Gasteiger partial charge in [0.1, 0.15) is 13.4 Å². The molecular weight excluding hydrogens is 442 g/mol. The molecule has 0 fully saturated rings. The Labute approximate surface area is 158 Å². The highest BCUT2D eigenvalue weighted by molar-refractivity contribution is 7.51. The lowest BCUT2D eigenvalue weighted by Crippen LogP contribution is -2.37. The first-order chi connectivity index (χ1) is 12.6. The SMILES string of the molecule is CP(=O)(O)OCCCCOCOCC(F)(F)OC(F)(F)CCCOP(=O)(O)O. The molecule has 170 valence electrons. The van der Waals surface area contributed by atoms with Gasteiger partial charge in [0.05, 0.1) is 13.2 Å². The Kier molecular flexibility index (Phi) is 12.5. The quantitative estimate of drug-likeness (QED) is 0.127. The summed E-state index contributed by atoms with van der Waals surface area (Å²) in [4.78, 5) is 25.6. The van der Waals surface area contributed by atoms with Crippen LogP contribution in [0.4, 0.5) is 17.6 Å². The van der Waals surface area contributed by atoms with E-state index in [0.717, 1.165) is 6.66 Å². The molecule has 28 heavy (non-hydrogen) atoms. The average Bonchev–Trinajstić information content (AvgIpc) is 2.47. The van der Waals surface area contributed by atoms with Crippen molar-refractivity contribution in [3.8, 4) is 0 Å². The number of hydrogen-bond donors (Lipinski definition) is 3. The Balaban J connectivity index is 3.85. The number of ether oxygens (including phenoxy) is 3. The largest absolute Gasteiger partial charge is 0.469 e. The number of hydrogen-bond acceptors (Lipinski definition) is 7. The van der Waals surface area contributed by atoms with E-state index in [0.29, 0.717) is 12.8 Å². The Morgan fingerprint density at radius 3 is 1.96 bits per heavy atom. The summed E-state index contributed by atoms with van der Waals surface area (Å²) in [5.41, 5.74) is 0. The zero-order valence-electron chi connectivity index (χ0n) is 15.0. The van der Waals surface area contributed by atoms with Gasteiger partial charge < -0.3 is 28.7 Å². The van der Waals surface area contributed by atoms with Crippen LogP contribution >= 0.6 is 15.4 Å². The van der Waals surface area contributed by atoms with E-state index in [1.807, 2.05) is 0 Å². The molecule has 3 N–H and O–H groups in total. The molecule has 0 amide bonds. The summed E-state index contributed by atoms with van der Waals surface area (Å²) in [6.07, 6.45) is -9.72. The van der Waals surface area contributed by atoms with Crippen LogP contribution in [0.3, 0.4) is 0 Å². The molecule has 10 nitrogen and oxygen atoms in total. The third kappa shape index (κ3) is 19.2. The van der Waals surface area contributed by atoms with Gasteiger partial charge in [0.15, 0.2) is 0 Å². The number of phosphoric acid groups is 1. The Bertz CT molecular complexity index is 525. The monoisotopic (exact) mass is 466 g/mol. The van der Waals surface area contributed by atoms with Crippen LogP contribution in [-0.4, -0.2) is 66.8 Å². The molecule has 0 aromatic carbocycles. The van der Waals surface area contributed by atoms with E-state index in [1.165, 1.54) is 0 Å². The zero-order chi connectivity index (χ0) is 21.9. The summed E-state index contributed by atoms with van der Waals surface area (Å²) in [6, 6.07) is 0. The fourth-order valence-corrected chi connectivity index (χ4v) is 2.41. The van der Waals surface area contributed by atoms with Crippen LogP contribution in [0.15, 0.2) is 0 Å². The first-order valence-corrected chi connectivity index (χ1v) is 11.4. The first kappa shape index (κ1) is 27.9. The van der Waals surface area contributed by atoms with Gasteiger partial charge in [-0.25, -0.2) is 4.57 Å². The van der Waals surface area contributed by atoms with Gasteiger partial charge in [0, 0.05) is 19.7 Å². The average molecular weight is 466 g/mol. The summed E-state index contributed by atoms with van der Waals surface area (Å²) in [5, 5.41) is 0. The van der Waals surface area contributed by atoms with Crippen LogP contribution < -0.4 is 0 Å². The van der Waals surface area contributed by atoms with Gasteiger partial charge in [-0.2, -0.15) is 17.6 Å². The molecule has 0 saturated carbocycles. The summed E-state index contributed by atoms with van der Waals surface area (Å²) in [6.45, 7) is -1.79. The maximum atomic E-state index is 13.3. The maximum absolute atomic E-state index is 13.3. The first-order valence-electron chi connectivity index (χ1n) is 7.88. The van der Waals surface area contributed by atoms with Crippen LogP contribution in [0, 0.1) is 0 Å². The third-order valence-corrected chi connectivity index (χ3v) is 3.80. The fourth-order valence-electron chi connectivity index (χ4n) is 1.58. The second kappa shape index (κ2) is 12.5. The molecule has 0 spiro atoms. The smallest absolute Gasteiger partial charge is 0.355 e. The fraction of sp³-hybridized carbons (Fsp3) is 1.00. The molecule has 0 aliphatic carbocycles. The predicted octanol–water partition coefficient (Wildman–Crippen LogP) is 2.68. The molecular formula is C12H24F4O10P2. The highest BCUT2D eigenvalue weighted by Gasteiger charge is 2.44. The van der Waals surface area contributed by atoms with Crippen molar-refractivity contribution in [3.63, 3.8) is 0 Å². The highest BCUT2D eigenvalue weighted by Crippen LogP contribution is 2.37. The summed E-state index contributed by atoms with van der Waals surface area (Å²) in [5.74, 6) is 0. The molecule has 0 saturated heterocycles. The summed E-state index contributed by atoms with van der Waals surface area (Å²) < 4.78 is 95.4. The van der Waals surface area contributed by atoms with Crippen molar-refractivity contribution in [1.29, 1.82) is 0 Å². The lowest BCUT2D eigenvalue weighted by Gasteiger charge is -2.23. The van der Waals surface area contributed by atoms with Crippen LogP contribution in [0.1, 0.15) is 25.7 Å². The molecule has 0 radical (unpaired) electrons. The van der Waals surface area contributed by atoms with E-state index in [4.69, 9.17) is 19.4 Å². The van der Waals surface area contributed by atoms with Crippen molar-refractivity contribution >= 4 is 15.4 Å². The molecule has 0 aliphatic heterocycles. The van der Waals surface area contributed by atoms with Crippen molar-refractivity contribution in [1.82, 2.24) is 0 Å². The topological polar surface area (TPSA) is 141 Å². The van der Waals surface area contributed by atoms with E-state index in [2.05, 4.69) is 18.5 Å². The summed E-state index contributed by atoms with van der Waals surface area (Å²) >= 11 is 0. The lowest BCUT2D eigenvalue weighted by atomic mass is 10.3. The molecule has 1 unspecified atom stereocenters. The van der Waals surface area contributed by atoms with Crippen molar-refractivity contribution in [2.24, 2.45) is 0 Å². The zero-order valence-corrected chi connectivity index (χ0v) is 16.8. The van der Waals surface area contributed by atoms with Crippen molar-refractivity contribution in [2.45, 2.75) is 37.9 Å². The lowest BCUT2D eigenvalue weighted by molar-refractivity contribution is -0.389. The molecule has 0 aromatic rings. The predicted molar refractivity (Wildman–Crippen MR) is 85.9 cm³/mol. The van der Waals surface area contributed by atoms with E-state index >= 15 is 0 Å². The van der Waals surface area contributed by atoms with Crippen LogP contribution in [0.25, 0.3) is 0 Å². The molecule has 0 aromatic heterocycles. The highest BCUT2D eigenvalue weighted by atomic mass is 31.2. The minimum absolute atomic E-state index is 0.00862. The van der Waals surface area contributed by atoms with E-state index < -0.39 is 60.5 Å². The van der Waals surface area contributed by atoms with Gasteiger partial charge in [-0.1, -0.05) is 0 Å². The van der Waals surface area contributed by atoms with Gasteiger partial charge in [0.2, 0.25) is 0 Å². The van der Waals surface area contributed by atoms with Gasteiger partial charge in [-0.05, 0) is 19.3 Å². The molecule has 0 aliphatic rings. The Morgan fingerprint density at radius 1 is 0.821 bits per heavy atom. The number of alkyl halides is 4. The van der Waals surface area contributed by atoms with Crippen molar-refractivity contribution < 1.29 is 64.6 Å². The number of unbranched alkanes of at least 4 members (excludes halogenated alkanes) is 1.